The lowest BCUT2D eigenvalue weighted by Gasteiger charge is -2.23. The Kier molecular flexibility index (Phi) is 6.08. The van der Waals surface area contributed by atoms with Crippen LogP contribution in [0.25, 0.3) is 22.3 Å². The molecule has 3 aromatic rings. The van der Waals surface area contributed by atoms with Crippen LogP contribution in [0.2, 0.25) is 5.02 Å². The molecule has 0 aliphatic rings. The lowest BCUT2D eigenvalue weighted by molar-refractivity contribution is 0.616. The molecule has 0 saturated heterocycles. The maximum absolute atomic E-state index is 12.6. The molecule has 0 fully saturated rings. The fourth-order valence-corrected chi connectivity index (χ4v) is 3.88. The zero-order chi connectivity index (χ0) is 20.5. The minimum atomic E-state index is -1.16. The van der Waals surface area contributed by atoms with E-state index in [1.807, 2.05) is 71.4 Å². The summed E-state index contributed by atoms with van der Waals surface area (Å²) in [6.07, 6.45) is 3.85. The summed E-state index contributed by atoms with van der Waals surface area (Å²) in [4.78, 5) is 0. The van der Waals surface area contributed by atoms with Crippen LogP contribution in [0.15, 0.2) is 54.9 Å². The molecule has 0 bridgehead atoms. The molecule has 0 amide bonds. The van der Waals surface area contributed by atoms with Crippen molar-refractivity contribution in [1.29, 1.82) is 0 Å². The molecule has 1 N–H and O–H groups in total. The van der Waals surface area contributed by atoms with Crippen molar-refractivity contribution < 1.29 is 4.21 Å². The van der Waals surface area contributed by atoms with E-state index in [0.717, 1.165) is 27.8 Å². The van der Waals surface area contributed by atoms with Crippen molar-refractivity contribution in [3.63, 3.8) is 0 Å². The van der Waals surface area contributed by atoms with Gasteiger partial charge in [0, 0.05) is 29.9 Å². The van der Waals surface area contributed by atoms with Crippen LogP contribution in [0, 0.1) is 0 Å². The Morgan fingerprint density at radius 2 is 1.75 bits per heavy atom. The monoisotopic (exact) mass is 415 g/mol. The fraction of sp³-hybridized carbons (Fsp3) is 0.318. The molecule has 0 radical (unpaired) electrons. The number of rotatable bonds is 5. The van der Waals surface area contributed by atoms with Gasteiger partial charge in [-0.3, -0.25) is 4.68 Å². The molecule has 4 nitrogen and oxygen atoms in total. The number of aryl methyl sites for hydroxylation is 1. The van der Waals surface area contributed by atoms with E-state index in [1.165, 1.54) is 0 Å². The molecule has 0 aliphatic carbocycles. The zero-order valence-corrected chi connectivity index (χ0v) is 18.4. The second kappa shape index (κ2) is 8.19. The van der Waals surface area contributed by atoms with Crippen LogP contribution in [0.3, 0.4) is 0 Å². The van der Waals surface area contributed by atoms with Crippen molar-refractivity contribution in [1.82, 2.24) is 14.5 Å². The van der Waals surface area contributed by atoms with E-state index in [9.17, 15) is 4.21 Å². The molecule has 2 aromatic carbocycles. The van der Waals surface area contributed by atoms with Crippen LogP contribution in [0.1, 0.15) is 39.3 Å². The highest BCUT2D eigenvalue weighted by Crippen LogP contribution is 2.32. The van der Waals surface area contributed by atoms with E-state index >= 15 is 0 Å². The molecule has 3 rings (SSSR count). The number of halogens is 1. The maximum Gasteiger partial charge on any atom is 0.0975 e. The van der Waals surface area contributed by atoms with Crippen molar-refractivity contribution in [2.75, 3.05) is 0 Å². The number of benzene rings is 2. The van der Waals surface area contributed by atoms with Crippen LogP contribution in [-0.2, 0) is 18.0 Å². The first kappa shape index (κ1) is 20.8. The Labute approximate surface area is 174 Å². The highest BCUT2D eigenvalue weighted by molar-refractivity contribution is 7.84. The fourth-order valence-electron chi connectivity index (χ4n) is 2.88. The van der Waals surface area contributed by atoms with Crippen molar-refractivity contribution in [3.8, 4) is 22.3 Å². The minimum absolute atomic E-state index is 0.0744. The molecule has 148 valence electrons. The van der Waals surface area contributed by atoms with Gasteiger partial charge in [-0.15, -0.1) is 0 Å². The zero-order valence-electron chi connectivity index (χ0n) is 16.9. The Morgan fingerprint density at radius 3 is 2.32 bits per heavy atom. The van der Waals surface area contributed by atoms with Crippen LogP contribution in [0.4, 0.5) is 0 Å². The largest absolute Gasteiger partial charge is 0.275 e. The van der Waals surface area contributed by atoms with Gasteiger partial charge in [0.25, 0.3) is 0 Å². The molecule has 1 aromatic heterocycles. The van der Waals surface area contributed by atoms with Gasteiger partial charge in [0.15, 0.2) is 0 Å². The molecule has 6 heteroatoms. The Bertz CT molecular complexity index is 1010. The summed E-state index contributed by atoms with van der Waals surface area (Å²) in [6, 6.07) is 14.1. The third-order valence-corrected chi connectivity index (χ3v) is 6.41. The van der Waals surface area contributed by atoms with E-state index in [2.05, 4.69) is 28.0 Å². The van der Waals surface area contributed by atoms with Crippen LogP contribution >= 0.6 is 11.6 Å². The van der Waals surface area contributed by atoms with Gasteiger partial charge >= 0.3 is 0 Å². The van der Waals surface area contributed by atoms with E-state index in [4.69, 9.17) is 11.6 Å². The van der Waals surface area contributed by atoms with Gasteiger partial charge in [0.05, 0.1) is 21.9 Å². The summed E-state index contributed by atoms with van der Waals surface area (Å²) < 4.78 is 17.3. The van der Waals surface area contributed by atoms with Gasteiger partial charge in [0.1, 0.15) is 0 Å². The van der Waals surface area contributed by atoms with E-state index in [-0.39, 0.29) is 10.8 Å². The maximum atomic E-state index is 12.6. The first-order valence-corrected chi connectivity index (χ1v) is 10.7. The van der Waals surface area contributed by atoms with Gasteiger partial charge in [0.2, 0.25) is 0 Å². The van der Waals surface area contributed by atoms with Crippen molar-refractivity contribution in [2.24, 2.45) is 7.05 Å². The molecular weight excluding hydrogens is 390 g/mol. The summed E-state index contributed by atoms with van der Waals surface area (Å²) in [5, 5.41) is 5.00. The molecule has 0 aliphatic heterocycles. The molecular formula is C22H26ClN3OS. The second-order valence-electron chi connectivity index (χ2n) is 7.98. The molecule has 28 heavy (non-hydrogen) atoms. The lowest BCUT2D eigenvalue weighted by atomic mass is 9.95. The molecule has 0 saturated carbocycles. The molecule has 2 atom stereocenters. The third kappa shape index (κ3) is 4.90. The van der Waals surface area contributed by atoms with Gasteiger partial charge in [-0.1, -0.05) is 23.7 Å². The number of hydrogen-bond acceptors (Lipinski definition) is 2. The van der Waals surface area contributed by atoms with E-state index in [0.29, 0.717) is 5.02 Å². The highest BCUT2D eigenvalue weighted by atomic mass is 35.5. The van der Waals surface area contributed by atoms with Gasteiger partial charge in [-0.2, -0.15) is 5.10 Å². The SMILES string of the molecule is CC(NS(=O)C(C)(C)C)c1cc(-c2cccc(Cl)c2)cc(-c2cnn(C)c2)c1. The van der Waals surface area contributed by atoms with Gasteiger partial charge < -0.3 is 0 Å². The van der Waals surface area contributed by atoms with Gasteiger partial charge in [-0.25, -0.2) is 8.93 Å². The van der Waals surface area contributed by atoms with Crippen LogP contribution < -0.4 is 4.72 Å². The quantitative estimate of drug-likeness (QED) is 0.596. The summed E-state index contributed by atoms with van der Waals surface area (Å²) >= 11 is 6.21. The second-order valence-corrected chi connectivity index (χ2v) is 10.4. The number of aromatic nitrogens is 2. The first-order valence-electron chi connectivity index (χ1n) is 9.21. The topological polar surface area (TPSA) is 46.9 Å². The van der Waals surface area contributed by atoms with E-state index < -0.39 is 11.0 Å². The number of hydrogen-bond donors (Lipinski definition) is 1. The summed E-state index contributed by atoms with van der Waals surface area (Å²) in [5.74, 6) is 0. The molecule has 0 spiro atoms. The first-order chi connectivity index (χ1) is 13.1. The lowest BCUT2D eigenvalue weighted by Crippen LogP contribution is -2.34. The predicted octanol–water partition coefficient (Wildman–Crippen LogP) is 5.52. The standard InChI is InChI=1S/C22H26ClN3OS/c1-15(25-28(27)22(2,3)4)17-9-18(16-7-6-8-21(23)12-16)11-19(10-17)20-13-24-26(5)14-20/h6-15,25H,1-5H3. The normalized spacial score (nSPS) is 14.1. The van der Waals surface area contributed by atoms with Crippen molar-refractivity contribution in [2.45, 2.75) is 38.5 Å². The van der Waals surface area contributed by atoms with Crippen LogP contribution in [0.5, 0.6) is 0 Å². The van der Waals surface area contributed by atoms with Gasteiger partial charge in [-0.05, 0) is 80.3 Å². The smallest absolute Gasteiger partial charge is 0.0975 e. The average molecular weight is 416 g/mol. The summed E-state index contributed by atoms with van der Waals surface area (Å²) in [7, 11) is 0.747. The average Bonchev–Trinajstić information content (AvgIpc) is 3.07. The summed E-state index contributed by atoms with van der Waals surface area (Å²) in [6.45, 7) is 7.93. The highest BCUT2D eigenvalue weighted by Gasteiger charge is 2.22. The van der Waals surface area contributed by atoms with Crippen molar-refractivity contribution in [3.05, 3.63) is 65.4 Å². The predicted molar refractivity (Wildman–Crippen MR) is 119 cm³/mol. The molecule has 1 heterocycles. The molecule has 2 unspecified atom stereocenters. The Balaban J connectivity index is 2.06. The Hall–Kier alpha value is -1.95. The number of nitrogens with zero attached hydrogens (tertiary/aromatic N) is 2. The summed E-state index contributed by atoms with van der Waals surface area (Å²) in [5.41, 5.74) is 5.28. The van der Waals surface area contributed by atoms with Crippen LogP contribution in [-0.4, -0.2) is 18.7 Å². The van der Waals surface area contributed by atoms with Crippen molar-refractivity contribution >= 4 is 22.6 Å². The number of nitrogens with one attached hydrogen (secondary N) is 1. The Morgan fingerprint density at radius 1 is 1.07 bits per heavy atom. The van der Waals surface area contributed by atoms with E-state index in [1.54, 1.807) is 4.68 Å². The minimum Gasteiger partial charge on any atom is -0.275 e. The third-order valence-electron chi connectivity index (χ3n) is 4.49.